The lowest BCUT2D eigenvalue weighted by atomic mass is 10.1. The van der Waals surface area contributed by atoms with Crippen molar-refractivity contribution in [3.05, 3.63) is 41.5 Å². The van der Waals surface area contributed by atoms with Crippen LogP contribution in [0.2, 0.25) is 0 Å². The summed E-state index contributed by atoms with van der Waals surface area (Å²) in [4.78, 5) is 4.26. The number of nitrogens with one attached hydrogen (secondary N) is 2. The Hall–Kier alpha value is -2.57. The highest BCUT2D eigenvalue weighted by Gasteiger charge is 2.07. The molecule has 0 spiro atoms. The molecule has 7 heteroatoms. The van der Waals surface area contributed by atoms with Crippen LogP contribution < -0.4 is 15.4 Å². The molecule has 0 amide bonds. The highest BCUT2D eigenvalue weighted by atomic mass is 16.5. The molecular weight excluding hydrogens is 328 g/mol. The van der Waals surface area contributed by atoms with Gasteiger partial charge < -0.3 is 19.9 Å². The molecule has 2 rings (SSSR count). The molecule has 0 aliphatic rings. The van der Waals surface area contributed by atoms with Crippen molar-refractivity contribution in [2.75, 3.05) is 13.7 Å². The van der Waals surface area contributed by atoms with E-state index in [1.54, 1.807) is 13.4 Å². The summed E-state index contributed by atoms with van der Waals surface area (Å²) in [6, 6.07) is 6.29. The maximum atomic E-state index is 6.01. The highest BCUT2D eigenvalue weighted by molar-refractivity contribution is 5.79. The summed E-state index contributed by atoms with van der Waals surface area (Å²) in [5.74, 6) is 3.12. The SMILES string of the molecule is CN=C(NCc1ccc(C)cc1OCCC(C)C)NCc1nncn1C. The van der Waals surface area contributed by atoms with Gasteiger partial charge in [0.15, 0.2) is 11.8 Å². The van der Waals surface area contributed by atoms with E-state index in [0.29, 0.717) is 25.0 Å². The van der Waals surface area contributed by atoms with Crippen LogP contribution in [0.1, 0.15) is 37.2 Å². The first-order valence-electron chi connectivity index (χ1n) is 8.99. The molecule has 0 bridgehead atoms. The number of hydrogen-bond acceptors (Lipinski definition) is 4. The van der Waals surface area contributed by atoms with Crippen LogP contribution in [0.25, 0.3) is 0 Å². The molecule has 0 saturated carbocycles. The Kier molecular flexibility index (Phi) is 7.44. The van der Waals surface area contributed by atoms with E-state index in [-0.39, 0.29) is 0 Å². The molecule has 2 aromatic rings. The second-order valence-electron chi connectivity index (χ2n) is 6.78. The predicted molar refractivity (Wildman–Crippen MR) is 104 cm³/mol. The maximum Gasteiger partial charge on any atom is 0.191 e. The number of guanidine groups is 1. The first-order chi connectivity index (χ1) is 12.5. The van der Waals surface area contributed by atoms with Crippen LogP contribution in [0.4, 0.5) is 0 Å². The summed E-state index contributed by atoms with van der Waals surface area (Å²) >= 11 is 0. The normalized spacial score (nSPS) is 11.7. The fourth-order valence-corrected chi connectivity index (χ4v) is 2.38. The van der Waals surface area contributed by atoms with Gasteiger partial charge in [0.25, 0.3) is 0 Å². The zero-order chi connectivity index (χ0) is 18.9. The Balaban J connectivity index is 1.93. The second-order valence-corrected chi connectivity index (χ2v) is 6.78. The van der Waals surface area contributed by atoms with Gasteiger partial charge in [-0.05, 0) is 30.9 Å². The van der Waals surface area contributed by atoms with E-state index in [1.807, 2.05) is 11.6 Å². The molecule has 0 saturated heterocycles. The summed E-state index contributed by atoms with van der Waals surface area (Å²) in [7, 11) is 3.67. The first-order valence-corrected chi connectivity index (χ1v) is 8.99. The Morgan fingerprint density at radius 3 is 2.69 bits per heavy atom. The molecule has 1 heterocycles. The molecule has 0 aliphatic carbocycles. The fraction of sp³-hybridized carbons (Fsp3) is 0.526. The van der Waals surface area contributed by atoms with E-state index in [9.17, 15) is 0 Å². The second kappa shape index (κ2) is 9.79. The molecule has 1 aromatic heterocycles. The van der Waals surface area contributed by atoms with E-state index >= 15 is 0 Å². The maximum absolute atomic E-state index is 6.01. The molecule has 142 valence electrons. The van der Waals surface area contributed by atoms with Gasteiger partial charge in [0.2, 0.25) is 0 Å². The smallest absolute Gasteiger partial charge is 0.191 e. The lowest BCUT2D eigenvalue weighted by Crippen LogP contribution is -2.37. The van der Waals surface area contributed by atoms with E-state index in [0.717, 1.165) is 30.2 Å². The Morgan fingerprint density at radius 2 is 2.04 bits per heavy atom. The lowest BCUT2D eigenvalue weighted by Gasteiger charge is -2.16. The van der Waals surface area contributed by atoms with Gasteiger partial charge in [0, 0.05) is 26.2 Å². The van der Waals surface area contributed by atoms with Crippen molar-refractivity contribution in [1.82, 2.24) is 25.4 Å². The van der Waals surface area contributed by atoms with Crippen LogP contribution in [-0.4, -0.2) is 34.4 Å². The molecule has 7 nitrogen and oxygen atoms in total. The van der Waals surface area contributed by atoms with Crippen molar-refractivity contribution < 1.29 is 4.74 Å². The number of rotatable bonds is 8. The fourth-order valence-electron chi connectivity index (χ4n) is 2.38. The minimum atomic E-state index is 0.557. The third kappa shape index (κ3) is 6.06. The molecule has 0 aliphatic heterocycles. The molecule has 1 aromatic carbocycles. The molecular formula is C19H30N6O. The van der Waals surface area contributed by atoms with Crippen LogP contribution in [0.3, 0.4) is 0 Å². The number of ether oxygens (including phenoxy) is 1. The standard InChI is InChI=1S/C19H30N6O/c1-14(2)8-9-26-17-10-15(3)6-7-16(17)11-21-19(20-4)22-12-18-24-23-13-25(18)5/h6-7,10,13-14H,8-9,11-12H2,1-5H3,(H2,20,21,22). The minimum Gasteiger partial charge on any atom is -0.493 e. The number of hydrogen-bond donors (Lipinski definition) is 2. The molecule has 26 heavy (non-hydrogen) atoms. The van der Waals surface area contributed by atoms with Crippen molar-refractivity contribution in [2.45, 2.75) is 40.3 Å². The van der Waals surface area contributed by atoms with Crippen LogP contribution >= 0.6 is 0 Å². The van der Waals surface area contributed by atoms with Gasteiger partial charge in [-0.2, -0.15) is 0 Å². The first kappa shape index (κ1) is 19.8. The summed E-state index contributed by atoms with van der Waals surface area (Å²) in [5, 5.41) is 14.5. The predicted octanol–water partition coefficient (Wildman–Crippen LogP) is 2.41. The molecule has 0 atom stereocenters. The van der Waals surface area contributed by atoms with Crippen molar-refractivity contribution in [3.63, 3.8) is 0 Å². The van der Waals surface area contributed by atoms with E-state index in [4.69, 9.17) is 4.74 Å². The third-order valence-electron chi connectivity index (χ3n) is 4.06. The zero-order valence-electron chi connectivity index (χ0n) is 16.4. The van der Waals surface area contributed by atoms with Crippen molar-refractivity contribution in [1.29, 1.82) is 0 Å². The Labute approximate surface area is 155 Å². The Morgan fingerprint density at radius 1 is 1.27 bits per heavy atom. The number of nitrogens with zero attached hydrogens (tertiary/aromatic N) is 4. The molecule has 0 unspecified atom stereocenters. The van der Waals surface area contributed by atoms with Crippen molar-refractivity contribution in [3.8, 4) is 5.75 Å². The lowest BCUT2D eigenvalue weighted by molar-refractivity contribution is 0.286. The number of benzene rings is 1. The van der Waals surface area contributed by atoms with Gasteiger partial charge in [-0.15, -0.1) is 10.2 Å². The van der Waals surface area contributed by atoms with Gasteiger partial charge in [-0.25, -0.2) is 0 Å². The van der Waals surface area contributed by atoms with Crippen LogP contribution in [-0.2, 0) is 20.1 Å². The number of aromatic nitrogens is 3. The minimum absolute atomic E-state index is 0.557. The van der Waals surface area contributed by atoms with Gasteiger partial charge in [0.05, 0.1) is 13.2 Å². The average molecular weight is 358 g/mol. The van der Waals surface area contributed by atoms with Gasteiger partial charge >= 0.3 is 0 Å². The highest BCUT2D eigenvalue weighted by Crippen LogP contribution is 2.21. The summed E-state index contributed by atoms with van der Waals surface area (Å²) in [5.41, 5.74) is 2.30. The van der Waals surface area contributed by atoms with E-state index < -0.39 is 0 Å². The summed E-state index contributed by atoms with van der Waals surface area (Å²) in [6.45, 7) is 8.41. The monoisotopic (exact) mass is 358 g/mol. The van der Waals surface area contributed by atoms with Crippen LogP contribution in [0.15, 0.2) is 29.5 Å². The molecule has 0 radical (unpaired) electrons. The number of aliphatic imine (C=N–C) groups is 1. The van der Waals surface area contributed by atoms with Crippen LogP contribution in [0, 0.1) is 12.8 Å². The Bertz CT molecular complexity index is 723. The van der Waals surface area contributed by atoms with Crippen molar-refractivity contribution >= 4 is 5.96 Å². The summed E-state index contributed by atoms with van der Waals surface area (Å²) in [6.07, 6.45) is 2.72. The van der Waals surface area contributed by atoms with E-state index in [1.165, 1.54) is 5.56 Å². The van der Waals surface area contributed by atoms with E-state index in [2.05, 4.69) is 64.8 Å². The summed E-state index contributed by atoms with van der Waals surface area (Å²) < 4.78 is 7.88. The van der Waals surface area contributed by atoms with Crippen molar-refractivity contribution in [2.24, 2.45) is 18.0 Å². The number of aryl methyl sites for hydroxylation is 2. The largest absolute Gasteiger partial charge is 0.493 e. The molecule has 0 fully saturated rings. The quantitative estimate of drug-likeness (QED) is 0.560. The van der Waals surface area contributed by atoms with Gasteiger partial charge in [-0.3, -0.25) is 4.99 Å². The van der Waals surface area contributed by atoms with Crippen LogP contribution in [0.5, 0.6) is 5.75 Å². The third-order valence-corrected chi connectivity index (χ3v) is 4.06. The molecule has 2 N–H and O–H groups in total. The zero-order valence-corrected chi connectivity index (χ0v) is 16.4. The van der Waals surface area contributed by atoms with Gasteiger partial charge in [0.1, 0.15) is 12.1 Å². The van der Waals surface area contributed by atoms with Gasteiger partial charge in [-0.1, -0.05) is 26.0 Å². The topological polar surface area (TPSA) is 76.4 Å². The average Bonchev–Trinajstić information content (AvgIpc) is 3.01.